The number of aryl methyl sites for hydroxylation is 2. The molecule has 4 aromatic carbocycles. The molecule has 1 unspecified atom stereocenters. The van der Waals surface area contributed by atoms with Gasteiger partial charge in [0.15, 0.2) is 0 Å². The number of benzene rings is 4. The third-order valence-electron chi connectivity index (χ3n) is 7.40. The average molecular weight is 522 g/mol. The Balaban J connectivity index is 1.33. The minimum absolute atomic E-state index is 0.177. The number of carbonyl (C=O) groups is 2. The van der Waals surface area contributed by atoms with E-state index in [0.29, 0.717) is 23.2 Å². The van der Waals surface area contributed by atoms with Crippen molar-refractivity contribution in [3.05, 3.63) is 124 Å². The number of halogens is 1. The summed E-state index contributed by atoms with van der Waals surface area (Å²) in [7, 11) is 0. The van der Waals surface area contributed by atoms with Crippen LogP contribution in [0.2, 0.25) is 0 Å². The lowest BCUT2D eigenvalue weighted by molar-refractivity contribution is 0.0938. The molecule has 1 aliphatic rings. The van der Waals surface area contributed by atoms with Gasteiger partial charge in [0.1, 0.15) is 5.82 Å². The quantitative estimate of drug-likeness (QED) is 0.298. The van der Waals surface area contributed by atoms with Crippen molar-refractivity contribution in [3.8, 4) is 11.1 Å². The van der Waals surface area contributed by atoms with Gasteiger partial charge in [0.25, 0.3) is 5.91 Å². The Morgan fingerprint density at radius 2 is 1.82 bits per heavy atom. The van der Waals surface area contributed by atoms with E-state index in [1.54, 1.807) is 19.1 Å². The standard InChI is InChI=1S/C33H32FN3O2/c1-21-12-13-24(19-30(21)34)22(2)36-33(39)27-14-15-31-26(18-27)9-6-16-37(31)20-23-7-5-8-25(17-23)28-10-3-4-11-29(28)32(35)38/h3-5,7-8,10-15,17-19,22H,6,9,16,20H2,1-2H3,(H2,35,38)(H,36,39). The molecule has 1 atom stereocenters. The molecule has 198 valence electrons. The number of nitrogens with one attached hydrogen (secondary N) is 1. The SMILES string of the molecule is Cc1ccc(C(C)NC(=O)c2ccc3c(c2)CCCN3Cc2cccc(-c3ccccc3C(N)=O)c2)cc1F. The molecule has 5 rings (SSSR count). The van der Waals surface area contributed by atoms with E-state index < -0.39 is 5.91 Å². The number of hydrogen-bond donors (Lipinski definition) is 2. The van der Waals surface area contributed by atoms with Gasteiger partial charge in [-0.2, -0.15) is 0 Å². The highest BCUT2D eigenvalue weighted by Crippen LogP contribution is 2.31. The Morgan fingerprint density at radius 1 is 1.00 bits per heavy atom. The third kappa shape index (κ3) is 5.70. The summed E-state index contributed by atoms with van der Waals surface area (Å²) in [5.41, 5.74) is 13.2. The lowest BCUT2D eigenvalue weighted by Gasteiger charge is -2.32. The first-order valence-corrected chi connectivity index (χ1v) is 13.2. The van der Waals surface area contributed by atoms with Gasteiger partial charge in [-0.15, -0.1) is 0 Å². The van der Waals surface area contributed by atoms with Crippen molar-refractivity contribution in [2.75, 3.05) is 11.4 Å². The fraction of sp³-hybridized carbons (Fsp3) is 0.212. The molecule has 0 spiro atoms. The van der Waals surface area contributed by atoms with Crippen LogP contribution in [0.3, 0.4) is 0 Å². The Hall–Kier alpha value is -4.45. The minimum Gasteiger partial charge on any atom is -0.367 e. The van der Waals surface area contributed by atoms with Crippen LogP contribution in [0.15, 0.2) is 84.9 Å². The number of anilines is 1. The molecule has 39 heavy (non-hydrogen) atoms. The molecule has 1 heterocycles. The zero-order valence-corrected chi connectivity index (χ0v) is 22.2. The van der Waals surface area contributed by atoms with Gasteiger partial charge in [-0.3, -0.25) is 9.59 Å². The maximum absolute atomic E-state index is 14.0. The Labute approximate surface area is 228 Å². The molecule has 0 fully saturated rings. The lowest BCUT2D eigenvalue weighted by Crippen LogP contribution is -2.30. The Kier molecular flexibility index (Phi) is 7.46. The van der Waals surface area contributed by atoms with Crippen LogP contribution in [0, 0.1) is 12.7 Å². The van der Waals surface area contributed by atoms with E-state index in [9.17, 15) is 14.0 Å². The van der Waals surface area contributed by atoms with E-state index in [1.807, 2.05) is 61.5 Å². The van der Waals surface area contributed by atoms with Crippen LogP contribution in [0.25, 0.3) is 11.1 Å². The van der Waals surface area contributed by atoms with Crippen molar-refractivity contribution in [2.45, 2.75) is 39.3 Å². The normalized spacial score (nSPS) is 13.5. The molecule has 0 saturated carbocycles. The van der Waals surface area contributed by atoms with Crippen molar-refractivity contribution >= 4 is 17.5 Å². The zero-order valence-electron chi connectivity index (χ0n) is 22.2. The highest BCUT2D eigenvalue weighted by Gasteiger charge is 2.20. The number of fused-ring (bicyclic) bond motifs is 1. The summed E-state index contributed by atoms with van der Waals surface area (Å²) in [6.07, 6.45) is 1.89. The van der Waals surface area contributed by atoms with Gasteiger partial charge in [0.05, 0.1) is 6.04 Å². The van der Waals surface area contributed by atoms with E-state index in [4.69, 9.17) is 5.73 Å². The van der Waals surface area contributed by atoms with Crippen molar-refractivity contribution in [3.63, 3.8) is 0 Å². The molecule has 0 aromatic heterocycles. The highest BCUT2D eigenvalue weighted by molar-refractivity contribution is 5.99. The number of carbonyl (C=O) groups excluding carboxylic acids is 2. The van der Waals surface area contributed by atoms with Crippen LogP contribution in [-0.2, 0) is 13.0 Å². The predicted molar refractivity (Wildman–Crippen MR) is 153 cm³/mol. The van der Waals surface area contributed by atoms with Crippen LogP contribution in [0.4, 0.5) is 10.1 Å². The molecule has 4 aromatic rings. The molecule has 1 aliphatic heterocycles. The zero-order chi connectivity index (χ0) is 27.5. The Bertz CT molecular complexity index is 1550. The smallest absolute Gasteiger partial charge is 0.251 e. The largest absolute Gasteiger partial charge is 0.367 e. The van der Waals surface area contributed by atoms with Crippen LogP contribution >= 0.6 is 0 Å². The second-order valence-corrected chi connectivity index (χ2v) is 10.2. The highest BCUT2D eigenvalue weighted by atomic mass is 19.1. The van der Waals surface area contributed by atoms with Gasteiger partial charge in [-0.25, -0.2) is 4.39 Å². The molecule has 6 heteroatoms. The fourth-order valence-electron chi connectivity index (χ4n) is 5.23. The molecule has 0 radical (unpaired) electrons. The maximum atomic E-state index is 14.0. The number of rotatable bonds is 7. The predicted octanol–water partition coefficient (Wildman–Crippen LogP) is 6.34. The van der Waals surface area contributed by atoms with Crippen LogP contribution in [0.5, 0.6) is 0 Å². The summed E-state index contributed by atoms with van der Waals surface area (Å²) in [4.78, 5) is 27.3. The number of amides is 2. The van der Waals surface area contributed by atoms with Gasteiger partial charge >= 0.3 is 0 Å². The number of hydrogen-bond acceptors (Lipinski definition) is 3. The van der Waals surface area contributed by atoms with E-state index in [0.717, 1.165) is 52.9 Å². The second kappa shape index (κ2) is 11.1. The first-order valence-electron chi connectivity index (χ1n) is 13.2. The summed E-state index contributed by atoms with van der Waals surface area (Å²) in [5, 5.41) is 3.00. The fourth-order valence-corrected chi connectivity index (χ4v) is 5.23. The monoisotopic (exact) mass is 521 g/mol. The summed E-state index contributed by atoms with van der Waals surface area (Å²) in [6.45, 7) is 5.20. The average Bonchev–Trinajstić information content (AvgIpc) is 2.94. The summed E-state index contributed by atoms with van der Waals surface area (Å²) >= 11 is 0. The molecule has 2 amide bonds. The van der Waals surface area contributed by atoms with Crippen LogP contribution < -0.4 is 16.0 Å². The topological polar surface area (TPSA) is 75.4 Å². The summed E-state index contributed by atoms with van der Waals surface area (Å²) in [5.74, 6) is -0.893. The third-order valence-corrected chi connectivity index (χ3v) is 7.40. The number of primary amides is 1. The van der Waals surface area contributed by atoms with Gasteiger partial charge in [-0.05, 0) is 96.5 Å². The van der Waals surface area contributed by atoms with Gasteiger partial charge in [0.2, 0.25) is 5.91 Å². The van der Waals surface area contributed by atoms with Crippen molar-refractivity contribution in [1.29, 1.82) is 0 Å². The first-order chi connectivity index (χ1) is 18.8. The van der Waals surface area contributed by atoms with Crippen LogP contribution in [-0.4, -0.2) is 18.4 Å². The molecule has 3 N–H and O–H groups in total. The number of nitrogens with zero attached hydrogens (tertiary/aromatic N) is 1. The Morgan fingerprint density at radius 3 is 2.62 bits per heavy atom. The van der Waals surface area contributed by atoms with Crippen molar-refractivity contribution < 1.29 is 14.0 Å². The van der Waals surface area contributed by atoms with Gasteiger partial charge in [0, 0.05) is 29.9 Å². The first kappa shape index (κ1) is 26.2. The maximum Gasteiger partial charge on any atom is 0.251 e. The summed E-state index contributed by atoms with van der Waals surface area (Å²) < 4.78 is 14.0. The lowest BCUT2D eigenvalue weighted by atomic mass is 9.96. The van der Waals surface area contributed by atoms with Crippen LogP contribution in [0.1, 0.15) is 62.4 Å². The second-order valence-electron chi connectivity index (χ2n) is 10.2. The molecule has 0 saturated heterocycles. The molecular formula is C33H32FN3O2. The molecule has 0 aliphatic carbocycles. The van der Waals surface area contributed by atoms with Gasteiger partial charge < -0.3 is 16.0 Å². The molecule has 5 nitrogen and oxygen atoms in total. The summed E-state index contributed by atoms with van der Waals surface area (Å²) in [6, 6.07) is 26.2. The van der Waals surface area contributed by atoms with Crippen molar-refractivity contribution in [2.24, 2.45) is 5.73 Å². The number of nitrogens with two attached hydrogens (primary N) is 1. The van der Waals surface area contributed by atoms with Gasteiger partial charge in [-0.1, -0.05) is 48.5 Å². The molecule has 0 bridgehead atoms. The van der Waals surface area contributed by atoms with E-state index in [2.05, 4.69) is 22.3 Å². The van der Waals surface area contributed by atoms with Crippen molar-refractivity contribution in [1.82, 2.24) is 5.32 Å². The van der Waals surface area contributed by atoms with E-state index >= 15 is 0 Å². The van der Waals surface area contributed by atoms with E-state index in [1.165, 1.54) is 6.07 Å². The van der Waals surface area contributed by atoms with E-state index in [-0.39, 0.29) is 17.8 Å². The molecular weight excluding hydrogens is 489 g/mol. The minimum atomic E-state index is -0.443.